The molecule has 0 unspecified atom stereocenters. The van der Waals surface area contributed by atoms with Crippen LogP contribution >= 0.6 is 0 Å². The van der Waals surface area contributed by atoms with E-state index in [1.54, 1.807) is 12.5 Å². The van der Waals surface area contributed by atoms with Gasteiger partial charge in [0, 0.05) is 58.7 Å². The third kappa shape index (κ3) is 6.21. The van der Waals surface area contributed by atoms with Crippen molar-refractivity contribution in [1.29, 1.82) is 0 Å². The number of hydrogen-bond acceptors (Lipinski definition) is 8. The van der Waals surface area contributed by atoms with E-state index in [2.05, 4.69) is 37.0 Å². The van der Waals surface area contributed by atoms with Gasteiger partial charge in [0.15, 0.2) is 0 Å². The molecule has 1 saturated heterocycles. The normalized spacial score (nSPS) is 18.2. The van der Waals surface area contributed by atoms with E-state index in [9.17, 15) is 5.11 Å². The second-order valence-electron chi connectivity index (χ2n) is 8.96. The Kier molecular flexibility index (Phi) is 7.10. The Morgan fingerprint density at radius 2 is 1.97 bits per heavy atom. The van der Waals surface area contributed by atoms with Crippen LogP contribution in [0, 0.1) is 0 Å². The lowest BCUT2D eigenvalue weighted by molar-refractivity contribution is 0.0279. The highest BCUT2D eigenvalue weighted by molar-refractivity contribution is 5.50. The second-order valence-corrected chi connectivity index (χ2v) is 8.96. The quantitative estimate of drug-likeness (QED) is 0.501. The standard InChI is InChI=1S/C24H33N7O2/c1-28(2)22-15-23(26-19-25-22)30-12-9-24(32,18-30)17-29(3)16-20-5-7-21(8-6-20)33-14-13-31-11-4-10-27-31/h4-8,10-11,15,19,32H,9,12-14,16-18H2,1-3H3/t24-/m0/s1. The van der Waals surface area contributed by atoms with Gasteiger partial charge in [0.05, 0.1) is 12.1 Å². The molecule has 0 amide bonds. The summed E-state index contributed by atoms with van der Waals surface area (Å²) in [6.45, 7) is 3.99. The van der Waals surface area contributed by atoms with Crippen molar-refractivity contribution < 1.29 is 9.84 Å². The summed E-state index contributed by atoms with van der Waals surface area (Å²) in [5, 5.41) is 15.4. The van der Waals surface area contributed by atoms with Crippen molar-refractivity contribution in [3.8, 4) is 5.75 Å². The molecule has 0 radical (unpaired) electrons. The van der Waals surface area contributed by atoms with Crippen LogP contribution in [0.15, 0.2) is 55.1 Å². The van der Waals surface area contributed by atoms with Gasteiger partial charge in [-0.2, -0.15) is 5.10 Å². The number of hydrogen-bond donors (Lipinski definition) is 1. The Hall–Kier alpha value is -3.17. The van der Waals surface area contributed by atoms with Crippen LogP contribution in [-0.2, 0) is 13.1 Å². The molecule has 2 aromatic heterocycles. The van der Waals surface area contributed by atoms with Crippen LogP contribution < -0.4 is 14.5 Å². The monoisotopic (exact) mass is 451 g/mol. The first kappa shape index (κ1) is 23.0. The lowest BCUT2D eigenvalue weighted by atomic mass is 10.0. The summed E-state index contributed by atoms with van der Waals surface area (Å²) in [6.07, 6.45) is 5.98. The molecule has 0 saturated carbocycles. The van der Waals surface area contributed by atoms with Gasteiger partial charge in [-0.3, -0.25) is 9.58 Å². The van der Waals surface area contributed by atoms with Gasteiger partial charge in [0.1, 0.15) is 30.3 Å². The fourth-order valence-corrected chi connectivity index (χ4v) is 4.19. The predicted octanol–water partition coefficient (Wildman–Crippen LogP) is 1.89. The number of nitrogens with zero attached hydrogens (tertiary/aromatic N) is 7. The topological polar surface area (TPSA) is 82.8 Å². The van der Waals surface area contributed by atoms with E-state index in [1.807, 2.05) is 61.2 Å². The molecule has 1 aliphatic heterocycles. The maximum absolute atomic E-state index is 11.2. The molecule has 1 aromatic carbocycles. The van der Waals surface area contributed by atoms with E-state index < -0.39 is 5.60 Å². The van der Waals surface area contributed by atoms with Crippen LogP contribution in [0.5, 0.6) is 5.75 Å². The van der Waals surface area contributed by atoms with Crippen molar-refractivity contribution in [3.63, 3.8) is 0 Å². The van der Waals surface area contributed by atoms with Gasteiger partial charge in [-0.15, -0.1) is 0 Å². The van der Waals surface area contributed by atoms with Crippen molar-refractivity contribution in [2.75, 3.05) is 57.2 Å². The zero-order valence-electron chi connectivity index (χ0n) is 19.6. The summed E-state index contributed by atoms with van der Waals surface area (Å²) in [5.41, 5.74) is 0.412. The molecule has 3 aromatic rings. The van der Waals surface area contributed by atoms with E-state index in [0.29, 0.717) is 26.1 Å². The molecule has 33 heavy (non-hydrogen) atoms. The Morgan fingerprint density at radius 3 is 2.70 bits per heavy atom. The minimum absolute atomic E-state index is 0.560. The summed E-state index contributed by atoms with van der Waals surface area (Å²) in [7, 11) is 5.96. The van der Waals surface area contributed by atoms with E-state index in [-0.39, 0.29) is 0 Å². The maximum Gasteiger partial charge on any atom is 0.134 e. The number of aliphatic hydroxyl groups is 1. The zero-order chi connectivity index (χ0) is 23.3. The molecular weight excluding hydrogens is 418 g/mol. The largest absolute Gasteiger partial charge is 0.492 e. The molecule has 4 rings (SSSR count). The molecule has 0 bridgehead atoms. The van der Waals surface area contributed by atoms with Crippen molar-refractivity contribution in [2.24, 2.45) is 0 Å². The van der Waals surface area contributed by atoms with Crippen LogP contribution in [0.4, 0.5) is 11.6 Å². The van der Waals surface area contributed by atoms with Crippen LogP contribution in [0.2, 0.25) is 0 Å². The second kappa shape index (κ2) is 10.2. The highest BCUT2D eigenvalue weighted by atomic mass is 16.5. The zero-order valence-corrected chi connectivity index (χ0v) is 19.6. The third-order valence-corrected chi connectivity index (χ3v) is 5.84. The van der Waals surface area contributed by atoms with Gasteiger partial charge < -0.3 is 19.6 Å². The van der Waals surface area contributed by atoms with Crippen molar-refractivity contribution >= 4 is 11.6 Å². The van der Waals surface area contributed by atoms with E-state index in [0.717, 1.165) is 37.0 Å². The predicted molar refractivity (Wildman–Crippen MR) is 129 cm³/mol. The molecule has 0 aliphatic carbocycles. The number of likely N-dealkylation sites (N-methyl/N-ethyl adjacent to an activating group) is 1. The lowest BCUT2D eigenvalue weighted by Crippen LogP contribution is -2.43. The molecule has 1 fully saturated rings. The summed E-state index contributed by atoms with van der Waals surface area (Å²) in [5.74, 6) is 2.57. The molecule has 9 nitrogen and oxygen atoms in total. The van der Waals surface area contributed by atoms with Crippen molar-refractivity contribution in [2.45, 2.75) is 25.1 Å². The average Bonchev–Trinajstić information content (AvgIpc) is 3.45. The van der Waals surface area contributed by atoms with Crippen molar-refractivity contribution in [3.05, 3.63) is 60.7 Å². The fraction of sp³-hybridized carbons (Fsp3) is 0.458. The van der Waals surface area contributed by atoms with Gasteiger partial charge in [0.2, 0.25) is 0 Å². The number of rotatable bonds is 10. The Morgan fingerprint density at radius 1 is 1.15 bits per heavy atom. The smallest absolute Gasteiger partial charge is 0.134 e. The molecule has 9 heteroatoms. The van der Waals surface area contributed by atoms with E-state index in [4.69, 9.17) is 4.74 Å². The maximum atomic E-state index is 11.2. The van der Waals surface area contributed by atoms with Gasteiger partial charge in [-0.25, -0.2) is 9.97 Å². The number of benzene rings is 1. The van der Waals surface area contributed by atoms with E-state index in [1.165, 1.54) is 5.56 Å². The van der Waals surface area contributed by atoms with Crippen molar-refractivity contribution in [1.82, 2.24) is 24.6 Å². The summed E-state index contributed by atoms with van der Waals surface area (Å²) < 4.78 is 7.66. The molecule has 3 heterocycles. The Balaban J connectivity index is 1.26. The molecular formula is C24H33N7O2. The SMILES string of the molecule is CN(Cc1ccc(OCCn2cccn2)cc1)C[C@@]1(O)CCN(c2cc(N(C)C)ncn2)C1. The average molecular weight is 452 g/mol. The van der Waals surface area contributed by atoms with Gasteiger partial charge in [-0.05, 0) is 37.2 Å². The van der Waals surface area contributed by atoms with Crippen LogP contribution in [0.1, 0.15) is 12.0 Å². The number of β-amino-alcohol motifs (C(OH)–C–C–N with tert-alkyl or cyclic N) is 1. The Labute approximate surface area is 195 Å². The van der Waals surface area contributed by atoms with E-state index >= 15 is 0 Å². The molecule has 1 atom stereocenters. The Bertz CT molecular complexity index is 1010. The summed E-state index contributed by atoms with van der Waals surface area (Å²) in [6, 6.07) is 12.0. The highest BCUT2D eigenvalue weighted by Gasteiger charge is 2.37. The highest BCUT2D eigenvalue weighted by Crippen LogP contribution is 2.28. The first-order valence-electron chi connectivity index (χ1n) is 11.2. The third-order valence-electron chi connectivity index (χ3n) is 5.84. The van der Waals surface area contributed by atoms with Gasteiger partial charge in [0.25, 0.3) is 0 Å². The molecule has 176 valence electrons. The summed E-state index contributed by atoms with van der Waals surface area (Å²) >= 11 is 0. The van der Waals surface area contributed by atoms with Crippen LogP contribution in [0.3, 0.4) is 0 Å². The number of anilines is 2. The first-order valence-corrected chi connectivity index (χ1v) is 11.2. The fourth-order valence-electron chi connectivity index (χ4n) is 4.19. The minimum atomic E-state index is -0.770. The lowest BCUT2D eigenvalue weighted by Gasteiger charge is -2.29. The first-order chi connectivity index (χ1) is 15.9. The molecule has 1 N–H and O–H groups in total. The number of aromatic nitrogens is 4. The summed E-state index contributed by atoms with van der Waals surface area (Å²) in [4.78, 5) is 14.9. The van der Waals surface area contributed by atoms with Crippen LogP contribution in [0.25, 0.3) is 0 Å². The van der Waals surface area contributed by atoms with Gasteiger partial charge in [-0.1, -0.05) is 12.1 Å². The van der Waals surface area contributed by atoms with Crippen LogP contribution in [-0.4, -0.2) is 82.7 Å². The number of ether oxygens (including phenoxy) is 1. The molecule has 1 aliphatic rings. The molecule has 0 spiro atoms. The minimum Gasteiger partial charge on any atom is -0.492 e. The van der Waals surface area contributed by atoms with Gasteiger partial charge >= 0.3 is 0 Å².